The second-order valence-electron chi connectivity index (χ2n) is 5.85. The first-order valence-electron chi connectivity index (χ1n) is 8.15. The summed E-state index contributed by atoms with van der Waals surface area (Å²) in [6.07, 6.45) is 0. The lowest BCUT2D eigenvalue weighted by molar-refractivity contribution is 0.0299. The van der Waals surface area contributed by atoms with Gasteiger partial charge in [0, 0.05) is 24.0 Å². The first-order chi connectivity index (χ1) is 11.8. The van der Waals surface area contributed by atoms with E-state index >= 15 is 0 Å². The van der Waals surface area contributed by atoms with Crippen molar-refractivity contribution >= 4 is 16.7 Å². The molecule has 4 nitrogen and oxygen atoms in total. The lowest BCUT2D eigenvalue weighted by Gasteiger charge is -2.26. The van der Waals surface area contributed by atoms with Crippen LogP contribution < -0.4 is 0 Å². The maximum absolute atomic E-state index is 12.8. The van der Waals surface area contributed by atoms with Gasteiger partial charge in [-0.2, -0.15) is 0 Å². The third-order valence-electron chi connectivity index (χ3n) is 4.31. The van der Waals surface area contributed by atoms with Crippen LogP contribution in [0.1, 0.15) is 10.5 Å². The molecule has 0 spiro atoms. The highest BCUT2D eigenvalue weighted by molar-refractivity contribution is 6.01. The van der Waals surface area contributed by atoms with Crippen molar-refractivity contribution in [1.82, 2.24) is 9.88 Å². The number of morpholine rings is 1. The minimum atomic E-state index is -0.0266. The van der Waals surface area contributed by atoms with Gasteiger partial charge in [-0.15, -0.1) is 0 Å². The zero-order chi connectivity index (χ0) is 16.4. The van der Waals surface area contributed by atoms with Crippen molar-refractivity contribution in [1.29, 1.82) is 0 Å². The van der Waals surface area contributed by atoms with E-state index in [-0.39, 0.29) is 5.91 Å². The monoisotopic (exact) mass is 318 g/mol. The van der Waals surface area contributed by atoms with Crippen LogP contribution in [0.4, 0.5) is 0 Å². The molecule has 1 aliphatic rings. The van der Waals surface area contributed by atoms with Gasteiger partial charge in [-0.25, -0.2) is 4.98 Å². The second kappa shape index (κ2) is 6.42. The van der Waals surface area contributed by atoms with Gasteiger partial charge in [0.1, 0.15) is 5.69 Å². The number of carbonyl (C=O) groups excluding carboxylic acids is 1. The van der Waals surface area contributed by atoms with Gasteiger partial charge in [0.2, 0.25) is 0 Å². The van der Waals surface area contributed by atoms with Crippen LogP contribution in [0.2, 0.25) is 0 Å². The van der Waals surface area contributed by atoms with Gasteiger partial charge in [-0.3, -0.25) is 4.79 Å². The van der Waals surface area contributed by atoms with E-state index in [1.807, 2.05) is 65.6 Å². The summed E-state index contributed by atoms with van der Waals surface area (Å²) < 4.78 is 5.33. The van der Waals surface area contributed by atoms with Crippen LogP contribution in [0, 0.1) is 0 Å². The number of nitrogens with zero attached hydrogens (tertiary/aromatic N) is 2. The molecule has 4 rings (SSSR count). The summed E-state index contributed by atoms with van der Waals surface area (Å²) in [7, 11) is 0. The number of rotatable bonds is 2. The Morgan fingerprint density at radius 3 is 2.46 bits per heavy atom. The summed E-state index contributed by atoms with van der Waals surface area (Å²) in [5.74, 6) is -0.0266. The van der Waals surface area contributed by atoms with Crippen molar-refractivity contribution in [2.24, 2.45) is 0 Å². The molecule has 1 amide bonds. The van der Waals surface area contributed by atoms with Crippen molar-refractivity contribution in [3.8, 4) is 11.3 Å². The summed E-state index contributed by atoms with van der Waals surface area (Å²) >= 11 is 0. The first kappa shape index (κ1) is 14.8. The van der Waals surface area contributed by atoms with Crippen LogP contribution in [-0.2, 0) is 4.74 Å². The van der Waals surface area contributed by atoms with Crippen LogP contribution in [0.15, 0.2) is 60.7 Å². The molecular weight excluding hydrogens is 300 g/mol. The molecule has 0 saturated carbocycles. The molecule has 1 saturated heterocycles. The fourth-order valence-corrected chi connectivity index (χ4v) is 3.05. The Labute approximate surface area is 140 Å². The summed E-state index contributed by atoms with van der Waals surface area (Å²) in [5, 5.41) is 2.09. The van der Waals surface area contributed by atoms with Gasteiger partial charge in [-0.05, 0) is 11.5 Å². The zero-order valence-electron chi connectivity index (χ0n) is 13.3. The zero-order valence-corrected chi connectivity index (χ0v) is 13.3. The van der Waals surface area contributed by atoms with Gasteiger partial charge in [0.05, 0.1) is 18.9 Å². The Bertz CT molecular complexity index is 871. The molecular formula is C20H18N2O2. The smallest absolute Gasteiger partial charge is 0.272 e. The normalized spacial score (nSPS) is 14.8. The van der Waals surface area contributed by atoms with E-state index in [9.17, 15) is 4.79 Å². The first-order valence-corrected chi connectivity index (χ1v) is 8.15. The predicted octanol–water partition coefficient (Wildman–Crippen LogP) is 3.37. The standard InChI is InChI=1S/C20H18N2O2/c23-20(22-10-12-24-13-11-22)18-14-16-8-4-5-9-17(16)19(21-18)15-6-2-1-3-7-15/h1-9,14H,10-13H2. The lowest BCUT2D eigenvalue weighted by Crippen LogP contribution is -2.41. The Balaban J connectivity index is 1.84. The van der Waals surface area contributed by atoms with Crippen LogP contribution in [0.25, 0.3) is 22.0 Å². The number of amides is 1. The Hall–Kier alpha value is -2.72. The van der Waals surface area contributed by atoms with Crippen molar-refractivity contribution in [3.63, 3.8) is 0 Å². The molecule has 2 aromatic carbocycles. The summed E-state index contributed by atoms with van der Waals surface area (Å²) in [6.45, 7) is 2.41. The summed E-state index contributed by atoms with van der Waals surface area (Å²) in [6, 6.07) is 20.0. The van der Waals surface area contributed by atoms with E-state index < -0.39 is 0 Å². The number of fused-ring (bicyclic) bond motifs is 1. The van der Waals surface area contributed by atoms with E-state index in [1.54, 1.807) is 0 Å². The average Bonchev–Trinajstić information content (AvgIpc) is 2.68. The molecule has 0 N–H and O–H groups in total. The topological polar surface area (TPSA) is 42.4 Å². The van der Waals surface area contributed by atoms with Crippen molar-refractivity contribution in [2.75, 3.05) is 26.3 Å². The Morgan fingerprint density at radius 1 is 0.958 bits per heavy atom. The lowest BCUT2D eigenvalue weighted by atomic mass is 10.0. The van der Waals surface area contributed by atoms with Crippen molar-refractivity contribution in [3.05, 3.63) is 66.4 Å². The number of hydrogen-bond donors (Lipinski definition) is 0. The van der Waals surface area contributed by atoms with E-state index in [4.69, 9.17) is 9.72 Å². The molecule has 4 heteroatoms. The highest BCUT2D eigenvalue weighted by Gasteiger charge is 2.21. The number of ether oxygens (including phenoxy) is 1. The SMILES string of the molecule is O=C(c1cc2ccccc2c(-c2ccccc2)n1)N1CCOCC1. The van der Waals surface area contributed by atoms with E-state index in [1.165, 1.54) is 0 Å². The highest BCUT2D eigenvalue weighted by Crippen LogP contribution is 2.27. The molecule has 2 heterocycles. The molecule has 24 heavy (non-hydrogen) atoms. The van der Waals surface area contributed by atoms with Crippen LogP contribution in [-0.4, -0.2) is 42.1 Å². The fraction of sp³-hybridized carbons (Fsp3) is 0.200. The maximum Gasteiger partial charge on any atom is 0.272 e. The number of carbonyl (C=O) groups is 1. The van der Waals surface area contributed by atoms with Gasteiger partial charge >= 0.3 is 0 Å². The van der Waals surface area contributed by atoms with E-state index in [0.29, 0.717) is 32.0 Å². The minimum Gasteiger partial charge on any atom is -0.378 e. The van der Waals surface area contributed by atoms with E-state index in [2.05, 4.69) is 0 Å². The molecule has 1 aliphatic heterocycles. The molecule has 0 unspecified atom stereocenters. The van der Waals surface area contributed by atoms with Crippen molar-refractivity contribution < 1.29 is 9.53 Å². The molecule has 0 atom stereocenters. The Morgan fingerprint density at radius 2 is 1.67 bits per heavy atom. The van der Waals surface area contributed by atoms with Crippen LogP contribution in [0.5, 0.6) is 0 Å². The molecule has 120 valence electrons. The Kier molecular flexibility index (Phi) is 3.97. The molecule has 0 radical (unpaired) electrons. The second-order valence-corrected chi connectivity index (χ2v) is 5.85. The maximum atomic E-state index is 12.8. The summed E-state index contributed by atoms with van der Waals surface area (Å²) in [5.41, 5.74) is 2.37. The minimum absolute atomic E-state index is 0.0266. The van der Waals surface area contributed by atoms with Gasteiger partial charge in [-0.1, -0.05) is 54.6 Å². The fourth-order valence-electron chi connectivity index (χ4n) is 3.05. The van der Waals surface area contributed by atoms with Gasteiger partial charge in [0.25, 0.3) is 5.91 Å². The van der Waals surface area contributed by atoms with Crippen LogP contribution in [0.3, 0.4) is 0 Å². The molecule has 1 fully saturated rings. The number of aromatic nitrogens is 1. The highest BCUT2D eigenvalue weighted by atomic mass is 16.5. The number of hydrogen-bond acceptors (Lipinski definition) is 3. The number of benzene rings is 2. The largest absolute Gasteiger partial charge is 0.378 e. The predicted molar refractivity (Wildman–Crippen MR) is 93.9 cm³/mol. The van der Waals surface area contributed by atoms with E-state index in [0.717, 1.165) is 22.0 Å². The molecule has 1 aromatic heterocycles. The van der Waals surface area contributed by atoms with Gasteiger partial charge in [0.15, 0.2) is 0 Å². The third kappa shape index (κ3) is 2.76. The molecule has 0 bridgehead atoms. The van der Waals surface area contributed by atoms with Gasteiger partial charge < -0.3 is 9.64 Å². The quantitative estimate of drug-likeness (QED) is 0.727. The summed E-state index contributed by atoms with van der Waals surface area (Å²) in [4.78, 5) is 19.4. The average molecular weight is 318 g/mol. The van der Waals surface area contributed by atoms with Crippen LogP contribution >= 0.6 is 0 Å². The molecule has 0 aliphatic carbocycles. The molecule has 3 aromatic rings. The third-order valence-corrected chi connectivity index (χ3v) is 4.31. The van der Waals surface area contributed by atoms with Crippen molar-refractivity contribution in [2.45, 2.75) is 0 Å². The number of pyridine rings is 1.